The largest absolute Gasteiger partial charge is 0.465 e. The van der Waals surface area contributed by atoms with Crippen molar-refractivity contribution in [3.05, 3.63) is 34.3 Å². The van der Waals surface area contributed by atoms with Crippen molar-refractivity contribution in [2.75, 3.05) is 33.8 Å². The molecule has 1 aliphatic heterocycles. The SMILES string of the molecule is CNCC1CCN(Cc2cc(C(=O)OC)ccc2Cl)C1.Cl. The predicted molar refractivity (Wildman–Crippen MR) is 87.4 cm³/mol. The van der Waals surface area contributed by atoms with Gasteiger partial charge < -0.3 is 10.1 Å². The average molecular weight is 333 g/mol. The molecule has 0 saturated carbocycles. The Morgan fingerprint density at radius 1 is 1.52 bits per heavy atom. The van der Waals surface area contributed by atoms with Gasteiger partial charge in [0.25, 0.3) is 0 Å². The van der Waals surface area contributed by atoms with E-state index in [9.17, 15) is 4.79 Å². The Bertz CT molecular complexity index is 483. The zero-order chi connectivity index (χ0) is 14.5. The minimum atomic E-state index is -0.322. The van der Waals surface area contributed by atoms with E-state index in [2.05, 4.69) is 10.2 Å². The van der Waals surface area contributed by atoms with Gasteiger partial charge in [-0.25, -0.2) is 4.79 Å². The molecule has 6 heteroatoms. The summed E-state index contributed by atoms with van der Waals surface area (Å²) in [7, 11) is 3.37. The van der Waals surface area contributed by atoms with Gasteiger partial charge in [0.05, 0.1) is 12.7 Å². The van der Waals surface area contributed by atoms with Crippen LogP contribution >= 0.6 is 24.0 Å². The number of likely N-dealkylation sites (tertiary alicyclic amines) is 1. The van der Waals surface area contributed by atoms with Crippen LogP contribution in [-0.2, 0) is 11.3 Å². The molecule has 1 aromatic rings. The van der Waals surface area contributed by atoms with E-state index in [4.69, 9.17) is 16.3 Å². The van der Waals surface area contributed by atoms with Crippen molar-refractivity contribution >= 4 is 30.0 Å². The summed E-state index contributed by atoms with van der Waals surface area (Å²) in [5, 5.41) is 3.93. The molecule has 118 valence electrons. The third-order valence-electron chi connectivity index (χ3n) is 3.72. The second-order valence-electron chi connectivity index (χ2n) is 5.25. The van der Waals surface area contributed by atoms with E-state index in [0.29, 0.717) is 16.5 Å². The third kappa shape index (κ3) is 4.85. The molecule has 2 rings (SSSR count). The van der Waals surface area contributed by atoms with Gasteiger partial charge in [0.2, 0.25) is 0 Å². The Labute approximate surface area is 137 Å². The number of nitrogens with one attached hydrogen (secondary N) is 1. The summed E-state index contributed by atoms with van der Waals surface area (Å²) in [5.74, 6) is 0.375. The number of rotatable bonds is 5. The van der Waals surface area contributed by atoms with E-state index < -0.39 is 0 Å². The Morgan fingerprint density at radius 3 is 2.95 bits per heavy atom. The molecular formula is C15H22Cl2N2O2. The van der Waals surface area contributed by atoms with E-state index in [1.165, 1.54) is 13.5 Å². The highest BCUT2D eigenvalue weighted by Gasteiger charge is 2.22. The number of methoxy groups -OCH3 is 1. The topological polar surface area (TPSA) is 41.6 Å². The summed E-state index contributed by atoms with van der Waals surface area (Å²) in [5.41, 5.74) is 1.54. The van der Waals surface area contributed by atoms with Crippen molar-refractivity contribution in [1.82, 2.24) is 10.2 Å². The highest BCUT2D eigenvalue weighted by atomic mass is 35.5. The molecule has 1 aromatic carbocycles. The molecule has 1 N–H and O–H groups in total. The zero-order valence-corrected chi connectivity index (χ0v) is 14.0. The van der Waals surface area contributed by atoms with Gasteiger partial charge in [-0.1, -0.05) is 11.6 Å². The van der Waals surface area contributed by atoms with Crippen LogP contribution < -0.4 is 5.32 Å². The van der Waals surface area contributed by atoms with E-state index in [0.717, 1.165) is 31.7 Å². The number of ether oxygens (including phenoxy) is 1. The summed E-state index contributed by atoms with van der Waals surface area (Å²) in [6.45, 7) is 3.97. The maximum absolute atomic E-state index is 11.6. The van der Waals surface area contributed by atoms with Crippen molar-refractivity contribution < 1.29 is 9.53 Å². The molecule has 1 heterocycles. The number of halogens is 2. The second kappa shape index (κ2) is 8.59. The summed E-state index contributed by atoms with van der Waals surface area (Å²) >= 11 is 6.23. The van der Waals surface area contributed by atoms with Gasteiger partial charge in [-0.15, -0.1) is 12.4 Å². The van der Waals surface area contributed by atoms with E-state index in [1.54, 1.807) is 12.1 Å². The first-order chi connectivity index (χ1) is 9.63. The molecule has 0 bridgehead atoms. The van der Waals surface area contributed by atoms with Crippen LogP contribution in [0.4, 0.5) is 0 Å². The summed E-state index contributed by atoms with van der Waals surface area (Å²) in [6.07, 6.45) is 1.20. The molecule has 1 aliphatic rings. The van der Waals surface area contributed by atoms with Gasteiger partial charge in [0.15, 0.2) is 0 Å². The van der Waals surface area contributed by atoms with E-state index in [-0.39, 0.29) is 18.4 Å². The average Bonchev–Trinajstić information content (AvgIpc) is 2.88. The quantitative estimate of drug-likeness (QED) is 0.841. The fourth-order valence-corrected chi connectivity index (χ4v) is 2.87. The minimum absolute atomic E-state index is 0. The van der Waals surface area contributed by atoms with Crippen LogP contribution in [0.15, 0.2) is 18.2 Å². The Hall–Kier alpha value is -0.810. The van der Waals surface area contributed by atoms with Crippen molar-refractivity contribution in [1.29, 1.82) is 0 Å². The maximum atomic E-state index is 11.6. The van der Waals surface area contributed by atoms with Gasteiger partial charge in [0, 0.05) is 18.1 Å². The molecular weight excluding hydrogens is 311 g/mol. The molecule has 0 amide bonds. The van der Waals surface area contributed by atoms with Crippen LogP contribution in [0.1, 0.15) is 22.3 Å². The summed E-state index contributed by atoms with van der Waals surface area (Å²) < 4.78 is 4.75. The first-order valence-electron chi connectivity index (χ1n) is 6.87. The second-order valence-corrected chi connectivity index (χ2v) is 5.65. The Kier molecular flexibility index (Phi) is 7.46. The molecule has 0 aromatic heterocycles. The summed E-state index contributed by atoms with van der Waals surface area (Å²) in [6, 6.07) is 5.30. The Morgan fingerprint density at radius 2 is 2.29 bits per heavy atom. The van der Waals surface area contributed by atoms with Gasteiger partial charge in [-0.3, -0.25) is 4.90 Å². The number of esters is 1. The molecule has 1 fully saturated rings. The number of carbonyl (C=O) groups excluding carboxylic acids is 1. The molecule has 21 heavy (non-hydrogen) atoms. The lowest BCUT2D eigenvalue weighted by atomic mass is 10.1. The lowest BCUT2D eigenvalue weighted by Gasteiger charge is -2.17. The zero-order valence-electron chi connectivity index (χ0n) is 12.4. The monoisotopic (exact) mass is 332 g/mol. The van der Waals surface area contributed by atoms with Crippen LogP contribution in [0, 0.1) is 5.92 Å². The van der Waals surface area contributed by atoms with E-state index in [1.807, 2.05) is 13.1 Å². The number of nitrogens with zero attached hydrogens (tertiary/aromatic N) is 1. The third-order valence-corrected chi connectivity index (χ3v) is 4.09. The van der Waals surface area contributed by atoms with Gasteiger partial charge >= 0.3 is 5.97 Å². The smallest absolute Gasteiger partial charge is 0.337 e. The first kappa shape index (κ1) is 18.2. The highest BCUT2D eigenvalue weighted by Crippen LogP contribution is 2.23. The van der Waals surface area contributed by atoms with Crippen LogP contribution in [0.25, 0.3) is 0 Å². The van der Waals surface area contributed by atoms with Crippen molar-refractivity contribution in [2.45, 2.75) is 13.0 Å². The molecule has 4 nitrogen and oxygen atoms in total. The number of hydrogen-bond acceptors (Lipinski definition) is 4. The fourth-order valence-electron chi connectivity index (χ4n) is 2.69. The van der Waals surface area contributed by atoms with Crippen LogP contribution in [0.5, 0.6) is 0 Å². The predicted octanol–water partition coefficient (Wildman–Crippen LogP) is 2.59. The van der Waals surface area contributed by atoms with Gasteiger partial charge in [0.1, 0.15) is 0 Å². The minimum Gasteiger partial charge on any atom is -0.465 e. The van der Waals surface area contributed by atoms with Crippen LogP contribution in [0.2, 0.25) is 5.02 Å². The number of hydrogen-bond donors (Lipinski definition) is 1. The molecule has 1 saturated heterocycles. The normalized spacial score (nSPS) is 18.3. The van der Waals surface area contributed by atoms with Crippen LogP contribution in [-0.4, -0.2) is 44.7 Å². The molecule has 0 spiro atoms. The van der Waals surface area contributed by atoms with E-state index >= 15 is 0 Å². The van der Waals surface area contributed by atoms with Gasteiger partial charge in [-0.05, 0) is 56.2 Å². The van der Waals surface area contributed by atoms with Gasteiger partial charge in [-0.2, -0.15) is 0 Å². The fraction of sp³-hybridized carbons (Fsp3) is 0.533. The number of benzene rings is 1. The molecule has 1 unspecified atom stereocenters. The highest BCUT2D eigenvalue weighted by molar-refractivity contribution is 6.31. The van der Waals surface area contributed by atoms with Crippen molar-refractivity contribution in [2.24, 2.45) is 5.92 Å². The van der Waals surface area contributed by atoms with Crippen molar-refractivity contribution in [3.63, 3.8) is 0 Å². The first-order valence-corrected chi connectivity index (χ1v) is 7.25. The lowest BCUT2D eigenvalue weighted by molar-refractivity contribution is 0.0600. The number of carbonyl (C=O) groups is 1. The molecule has 0 radical (unpaired) electrons. The molecule has 1 atom stereocenters. The maximum Gasteiger partial charge on any atom is 0.337 e. The molecule has 0 aliphatic carbocycles. The summed E-state index contributed by atoms with van der Waals surface area (Å²) in [4.78, 5) is 13.9. The lowest BCUT2D eigenvalue weighted by Crippen LogP contribution is -2.24. The Balaban J connectivity index is 0.00000220. The van der Waals surface area contributed by atoms with Crippen LogP contribution in [0.3, 0.4) is 0 Å². The van der Waals surface area contributed by atoms with Crippen molar-refractivity contribution in [3.8, 4) is 0 Å². The standard InChI is InChI=1S/C15H21ClN2O2.ClH/c1-17-8-11-5-6-18(9-11)10-13-7-12(15(19)20-2)3-4-14(13)16;/h3-4,7,11,17H,5-6,8-10H2,1-2H3;1H.